The maximum atomic E-state index is 5.82. The second kappa shape index (κ2) is 18.0. The van der Waals surface area contributed by atoms with Gasteiger partial charge in [-0.2, -0.15) is 6.67 Å². The van der Waals surface area contributed by atoms with E-state index in [9.17, 15) is 0 Å². The molecule has 2 fully saturated rings. The fraction of sp³-hybridized carbons (Fsp3) is 0.487. The van der Waals surface area contributed by atoms with Gasteiger partial charge in [-0.1, -0.05) is 35.4 Å². The van der Waals surface area contributed by atoms with Crippen molar-refractivity contribution in [2.45, 2.75) is 74.5 Å². The third kappa shape index (κ3) is 10.7. The van der Waals surface area contributed by atoms with Gasteiger partial charge in [0.2, 0.25) is 0 Å². The first-order valence-electron chi connectivity index (χ1n) is 16.9. The van der Waals surface area contributed by atoms with Crippen molar-refractivity contribution < 1.29 is 35.1 Å². The molecule has 0 saturated carbocycles. The molecule has 2 aliphatic rings. The van der Waals surface area contributed by atoms with Crippen LogP contribution in [0.15, 0.2) is 48.5 Å². The standard InChI is InChI=1S/C29H44N4.C10H12O.3ClH.Ru/c1-9-33(8)12-10-30(11-13-33)18-27-19-31(28-23(4)14-21(2)15-24(28)5)20-32(27)29-25(6)16-22(3)17-26(29)7;1-8(2)11-10-7-5-4-6-9(10)3;;;;/h14-17,20,27H,9-13,18-19H2,1-8H3;3-8H,1-2H3;3*1H;/q;;;;;+2/p-3. The van der Waals surface area contributed by atoms with Crippen LogP contribution in [0.1, 0.15) is 59.7 Å². The topological polar surface area (TPSA) is 19.0 Å². The van der Waals surface area contributed by atoms with Crippen molar-refractivity contribution in [3.05, 3.63) is 94.1 Å². The smallest absolute Gasteiger partial charge is 0.0914 e. The van der Waals surface area contributed by atoms with E-state index >= 15 is 0 Å². The van der Waals surface area contributed by atoms with E-state index in [4.69, 9.17) is 24.1 Å². The van der Waals surface area contributed by atoms with Crippen LogP contribution in [0.3, 0.4) is 0 Å². The van der Waals surface area contributed by atoms with Crippen molar-refractivity contribution in [1.82, 2.24) is 4.90 Å². The Kier molecular flexibility index (Phi) is 15.3. The van der Waals surface area contributed by atoms with E-state index in [1.807, 2.05) is 42.7 Å². The third-order valence-corrected chi connectivity index (χ3v) is 11.3. The predicted octanol–water partition coefficient (Wildman–Crippen LogP) is 5.69. The van der Waals surface area contributed by atoms with Gasteiger partial charge >= 0.3 is 97.8 Å². The number of aryl methyl sites for hydroxylation is 6. The summed E-state index contributed by atoms with van der Waals surface area (Å²) in [6.45, 7) is 30.5. The van der Waals surface area contributed by atoms with Crippen LogP contribution in [0.5, 0.6) is 5.75 Å². The summed E-state index contributed by atoms with van der Waals surface area (Å²) >= 11 is -1.77. The Bertz CT molecular complexity index is 1500. The van der Waals surface area contributed by atoms with Gasteiger partial charge in [0.15, 0.2) is 0 Å². The van der Waals surface area contributed by atoms with E-state index in [1.54, 1.807) is 0 Å². The van der Waals surface area contributed by atoms with E-state index in [-0.39, 0.29) is 18.5 Å². The first-order valence-corrected chi connectivity index (χ1v) is 22.4. The van der Waals surface area contributed by atoms with Crippen LogP contribution >= 0.6 is 19.4 Å². The number of nitrogens with zero attached hydrogens (tertiary/aromatic N) is 4. The molecule has 0 amide bonds. The third-order valence-electron chi connectivity index (χ3n) is 9.49. The largest absolute Gasteiger partial charge is 1.00 e. The number of quaternary nitrogens is 1. The second-order valence-corrected chi connectivity index (χ2v) is 19.7. The Morgan fingerprint density at radius 2 is 1.42 bits per heavy atom. The molecule has 1 unspecified atom stereocenters. The minimum atomic E-state index is -1.77. The SMILES string of the molecule is CC(C)Oc1ccccc1[CH]=[Ru]([Cl])[Cl].CC[N+]1(C)CCN(CC2CN(c3c(C)cc(C)cc3C)[CH-]N2c2c(C)cc(C)cc2C)CC1.[Cl-]. The molecule has 0 bridgehead atoms. The van der Waals surface area contributed by atoms with Crippen molar-refractivity contribution in [2.24, 2.45) is 0 Å². The second-order valence-electron chi connectivity index (χ2n) is 14.0. The van der Waals surface area contributed by atoms with E-state index in [1.165, 1.54) is 82.0 Å². The number of halogens is 3. The van der Waals surface area contributed by atoms with Crippen molar-refractivity contribution in [2.75, 3.05) is 62.7 Å². The van der Waals surface area contributed by atoms with E-state index < -0.39 is 13.5 Å². The van der Waals surface area contributed by atoms with Crippen LogP contribution in [0.25, 0.3) is 0 Å². The summed E-state index contributed by atoms with van der Waals surface area (Å²) in [5.41, 5.74) is 11.9. The molecule has 48 heavy (non-hydrogen) atoms. The van der Waals surface area contributed by atoms with Crippen molar-refractivity contribution in [3.63, 3.8) is 0 Å². The minimum Gasteiger partial charge on any atom is -1.00 e. The Balaban J connectivity index is 0.000000351. The molecule has 5 nitrogen and oxygen atoms in total. The van der Waals surface area contributed by atoms with Crippen LogP contribution in [-0.4, -0.2) is 79.0 Å². The Morgan fingerprint density at radius 3 is 1.92 bits per heavy atom. The quantitative estimate of drug-likeness (QED) is 0.166. The van der Waals surface area contributed by atoms with Gasteiger partial charge in [0.1, 0.15) is 0 Å². The molecule has 0 aliphatic carbocycles. The van der Waals surface area contributed by atoms with Crippen LogP contribution < -0.4 is 26.9 Å². The molecule has 3 aromatic carbocycles. The van der Waals surface area contributed by atoms with E-state index in [0.717, 1.165) is 24.4 Å². The fourth-order valence-corrected chi connectivity index (χ4v) is 8.95. The number of piperazine rings is 1. The monoisotopic (exact) mass is 803 g/mol. The summed E-state index contributed by atoms with van der Waals surface area (Å²) in [6.07, 6.45) is 0.163. The molecular weight excluding hydrogens is 748 g/mol. The zero-order valence-electron chi connectivity index (χ0n) is 30.6. The van der Waals surface area contributed by atoms with Crippen LogP contribution in [0, 0.1) is 48.2 Å². The molecule has 1 atom stereocenters. The van der Waals surface area contributed by atoms with Gasteiger partial charge in [-0.15, -0.1) is 0 Å². The normalized spacial score (nSPS) is 17.9. The average molecular weight is 804 g/mol. The average Bonchev–Trinajstić information content (AvgIpc) is 3.36. The summed E-state index contributed by atoms with van der Waals surface area (Å²) in [6, 6.07) is 17.5. The summed E-state index contributed by atoms with van der Waals surface area (Å²) in [5.74, 6) is 0.850. The molecule has 2 saturated heterocycles. The number of anilines is 2. The first kappa shape index (κ1) is 40.8. The number of rotatable bonds is 8. The van der Waals surface area contributed by atoms with Gasteiger partial charge in [0.25, 0.3) is 0 Å². The van der Waals surface area contributed by atoms with Crippen molar-refractivity contribution >= 4 is 35.4 Å². The Morgan fingerprint density at radius 1 is 0.896 bits per heavy atom. The summed E-state index contributed by atoms with van der Waals surface area (Å²) in [4.78, 5) is 7.81. The van der Waals surface area contributed by atoms with Gasteiger partial charge in [-0.05, 0) is 70.7 Å². The van der Waals surface area contributed by atoms with Crippen LogP contribution in [-0.2, 0) is 13.5 Å². The minimum absolute atomic E-state index is 0. The molecule has 268 valence electrons. The summed E-state index contributed by atoms with van der Waals surface area (Å²) in [5, 5.41) is 0. The molecule has 9 heteroatoms. The molecule has 0 spiro atoms. The maximum absolute atomic E-state index is 5.82. The van der Waals surface area contributed by atoms with Gasteiger partial charge in [0.05, 0.1) is 26.7 Å². The fourth-order valence-electron chi connectivity index (χ4n) is 7.14. The zero-order valence-corrected chi connectivity index (χ0v) is 34.6. The predicted molar refractivity (Wildman–Crippen MR) is 201 cm³/mol. The number of para-hydroxylation sites is 1. The molecule has 0 N–H and O–H groups in total. The van der Waals surface area contributed by atoms with E-state index in [2.05, 4.69) is 101 Å². The number of hydrogen-bond acceptors (Lipinski definition) is 4. The van der Waals surface area contributed by atoms with Gasteiger partial charge in [0, 0.05) is 43.6 Å². The molecule has 3 aromatic rings. The van der Waals surface area contributed by atoms with Crippen molar-refractivity contribution in [3.8, 4) is 5.75 Å². The van der Waals surface area contributed by atoms with E-state index in [0.29, 0.717) is 6.04 Å². The Hall–Kier alpha value is -1.66. The van der Waals surface area contributed by atoms with Crippen LogP contribution in [0.4, 0.5) is 11.4 Å². The zero-order chi connectivity index (χ0) is 34.5. The molecular formula is C39H56Cl3N4ORu-. The van der Waals surface area contributed by atoms with Gasteiger partial charge in [-0.25, -0.2) is 0 Å². The number of benzene rings is 3. The molecule has 2 aliphatic heterocycles. The number of hydrogen-bond donors (Lipinski definition) is 0. The van der Waals surface area contributed by atoms with Crippen molar-refractivity contribution in [1.29, 1.82) is 0 Å². The molecule has 2 heterocycles. The molecule has 0 radical (unpaired) electrons. The molecule has 0 aromatic heterocycles. The number of ether oxygens (including phenoxy) is 1. The van der Waals surface area contributed by atoms with Gasteiger partial charge < -0.3 is 26.7 Å². The molecule has 5 rings (SSSR count). The van der Waals surface area contributed by atoms with Crippen LogP contribution in [0.2, 0.25) is 0 Å². The summed E-state index contributed by atoms with van der Waals surface area (Å²) < 4.78 is 8.72. The Labute approximate surface area is 310 Å². The summed E-state index contributed by atoms with van der Waals surface area (Å²) in [7, 11) is 14.1. The first-order chi connectivity index (χ1) is 22.2. The number of likely N-dealkylation sites (N-methyl/N-ethyl adjacent to an activating group) is 1. The van der Waals surface area contributed by atoms with Gasteiger partial charge in [-0.3, -0.25) is 4.90 Å². The maximum Gasteiger partial charge on any atom is 0.0914 e.